The summed E-state index contributed by atoms with van der Waals surface area (Å²) in [5.41, 5.74) is -0.234. The van der Waals surface area contributed by atoms with Gasteiger partial charge in [0, 0.05) is 0 Å². The lowest BCUT2D eigenvalue weighted by Crippen LogP contribution is -2.45. The maximum Gasteiger partial charge on any atom is 0.308 e. The molecule has 0 unspecified atom stereocenters. The fourth-order valence-electron chi connectivity index (χ4n) is 3.50. The predicted molar refractivity (Wildman–Crippen MR) is 87.3 cm³/mol. The molecule has 4 heteroatoms. The number of methoxy groups -OCH3 is 1. The average molecular weight is 314 g/mol. The Balaban J connectivity index is 2.60. The summed E-state index contributed by atoms with van der Waals surface area (Å²) in [6, 6.07) is 0. The first-order valence-corrected chi connectivity index (χ1v) is 8.89. The van der Waals surface area contributed by atoms with Crippen LogP contribution in [-0.4, -0.2) is 24.8 Å². The van der Waals surface area contributed by atoms with Gasteiger partial charge in [-0.3, -0.25) is 4.79 Å². The highest BCUT2D eigenvalue weighted by Crippen LogP contribution is 2.39. The summed E-state index contributed by atoms with van der Waals surface area (Å²) in [6.07, 6.45) is 8.03. The van der Waals surface area contributed by atoms with Gasteiger partial charge in [0.15, 0.2) is 0 Å². The third-order valence-corrected chi connectivity index (χ3v) is 4.98. The van der Waals surface area contributed by atoms with Gasteiger partial charge in [0.05, 0.1) is 13.5 Å². The molecule has 130 valence electrons. The van der Waals surface area contributed by atoms with Crippen LogP contribution in [0, 0.1) is 11.8 Å². The summed E-state index contributed by atoms with van der Waals surface area (Å²) in [6.45, 7) is 8.79. The van der Waals surface area contributed by atoms with E-state index in [0.29, 0.717) is 11.8 Å². The molecule has 1 fully saturated rings. The van der Waals surface area contributed by atoms with Gasteiger partial charge in [-0.15, -0.1) is 0 Å². The van der Waals surface area contributed by atoms with E-state index in [1.807, 2.05) is 0 Å². The van der Waals surface area contributed by atoms with Crippen molar-refractivity contribution in [1.29, 1.82) is 0 Å². The number of carbonyl (C=O) groups is 1. The Morgan fingerprint density at radius 2 is 2.09 bits per heavy atom. The Kier molecular flexibility index (Phi) is 8.40. The molecule has 22 heavy (non-hydrogen) atoms. The summed E-state index contributed by atoms with van der Waals surface area (Å²) in [5, 5.41) is 0. The third kappa shape index (κ3) is 5.88. The Morgan fingerprint density at radius 3 is 2.64 bits per heavy atom. The molecular weight excluding hydrogens is 280 g/mol. The van der Waals surface area contributed by atoms with Crippen molar-refractivity contribution in [2.75, 3.05) is 7.11 Å². The highest BCUT2D eigenvalue weighted by Gasteiger charge is 2.41. The lowest BCUT2D eigenvalue weighted by Gasteiger charge is -2.42. The zero-order valence-electron chi connectivity index (χ0n) is 15.0. The normalized spacial score (nSPS) is 30.0. The Morgan fingerprint density at radius 1 is 1.36 bits per heavy atom. The zero-order valence-corrected chi connectivity index (χ0v) is 15.0. The smallest absolute Gasteiger partial charge is 0.308 e. The topological polar surface area (TPSA) is 44.8 Å². The molecule has 1 saturated heterocycles. The van der Waals surface area contributed by atoms with Gasteiger partial charge in [-0.1, -0.05) is 52.9 Å². The molecule has 1 aliphatic rings. The van der Waals surface area contributed by atoms with E-state index in [4.69, 9.17) is 14.5 Å². The molecule has 0 spiro atoms. The summed E-state index contributed by atoms with van der Waals surface area (Å²) in [4.78, 5) is 22.9. The van der Waals surface area contributed by atoms with Crippen molar-refractivity contribution in [3.8, 4) is 0 Å². The number of unbranched alkanes of at least 4 members (excludes halogenated alkanes) is 1. The summed E-state index contributed by atoms with van der Waals surface area (Å²) in [5.74, 6) is 0.801. The molecule has 1 rings (SSSR count). The lowest BCUT2D eigenvalue weighted by atomic mass is 9.78. The average Bonchev–Trinajstić information content (AvgIpc) is 2.53. The van der Waals surface area contributed by atoms with Crippen LogP contribution in [-0.2, 0) is 19.3 Å². The summed E-state index contributed by atoms with van der Waals surface area (Å²) in [7, 11) is 1.41. The lowest BCUT2D eigenvalue weighted by molar-refractivity contribution is -0.419. The molecule has 0 N–H and O–H groups in total. The molecule has 0 aromatic heterocycles. The summed E-state index contributed by atoms with van der Waals surface area (Å²) < 4.78 is 4.75. The van der Waals surface area contributed by atoms with Crippen LogP contribution in [0.3, 0.4) is 0 Å². The van der Waals surface area contributed by atoms with Crippen LogP contribution in [0.2, 0.25) is 0 Å². The monoisotopic (exact) mass is 314 g/mol. The van der Waals surface area contributed by atoms with Gasteiger partial charge >= 0.3 is 5.97 Å². The predicted octanol–water partition coefficient (Wildman–Crippen LogP) is 4.66. The number of hydrogen-bond acceptors (Lipinski definition) is 4. The number of hydrogen-bond donors (Lipinski definition) is 0. The maximum absolute atomic E-state index is 11.5. The first kappa shape index (κ1) is 19.4. The van der Waals surface area contributed by atoms with Gasteiger partial charge in [-0.25, -0.2) is 9.78 Å². The second-order valence-electron chi connectivity index (χ2n) is 6.94. The van der Waals surface area contributed by atoms with E-state index in [0.717, 1.165) is 19.3 Å². The van der Waals surface area contributed by atoms with Crippen molar-refractivity contribution in [2.45, 2.75) is 90.8 Å². The van der Waals surface area contributed by atoms with Crippen molar-refractivity contribution < 1.29 is 19.3 Å². The number of ether oxygens (including phenoxy) is 1. The fourth-order valence-corrected chi connectivity index (χ4v) is 3.50. The Bertz CT molecular complexity index is 331. The molecule has 0 bridgehead atoms. The Labute approximate surface area is 135 Å². The molecule has 0 aliphatic carbocycles. The molecule has 0 amide bonds. The Hall–Kier alpha value is -0.610. The highest BCUT2D eigenvalue weighted by atomic mass is 17.2. The molecule has 4 atom stereocenters. The minimum Gasteiger partial charge on any atom is -0.469 e. The molecule has 4 nitrogen and oxygen atoms in total. The third-order valence-electron chi connectivity index (χ3n) is 4.98. The van der Waals surface area contributed by atoms with Gasteiger partial charge in [-0.05, 0) is 31.6 Å². The van der Waals surface area contributed by atoms with Crippen LogP contribution in [0.25, 0.3) is 0 Å². The number of carbonyl (C=O) groups excluding carboxylic acids is 1. The summed E-state index contributed by atoms with van der Waals surface area (Å²) >= 11 is 0. The van der Waals surface area contributed by atoms with Crippen molar-refractivity contribution in [3.63, 3.8) is 0 Å². The van der Waals surface area contributed by atoms with E-state index in [1.54, 1.807) is 0 Å². The van der Waals surface area contributed by atoms with Crippen LogP contribution in [0.4, 0.5) is 0 Å². The standard InChI is InChI=1S/C18H34O4/c1-6-9-10-14(7-2)12-18(4)13-15(8-3)16(21-22-18)11-17(19)20-5/h14-16H,6-13H2,1-5H3/t14-,15-,16-,18+/m0/s1. The molecule has 1 heterocycles. The quantitative estimate of drug-likeness (QED) is 0.458. The minimum atomic E-state index is -0.234. The van der Waals surface area contributed by atoms with Crippen molar-refractivity contribution >= 4 is 5.97 Å². The molecule has 0 aromatic rings. The highest BCUT2D eigenvalue weighted by molar-refractivity contribution is 5.69. The van der Waals surface area contributed by atoms with E-state index < -0.39 is 0 Å². The van der Waals surface area contributed by atoms with Gasteiger partial charge in [-0.2, -0.15) is 0 Å². The van der Waals surface area contributed by atoms with Gasteiger partial charge in [0.2, 0.25) is 0 Å². The number of rotatable bonds is 9. The van der Waals surface area contributed by atoms with Crippen LogP contribution in [0.5, 0.6) is 0 Å². The van der Waals surface area contributed by atoms with Gasteiger partial charge in [0.25, 0.3) is 0 Å². The molecule has 1 aliphatic heterocycles. The van der Waals surface area contributed by atoms with Crippen LogP contribution < -0.4 is 0 Å². The van der Waals surface area contributed by atoms with E-state index >= 15 is 0 Å². The SMILES string of the molecule is CCCC[C@H](CC)C[C@]1(C)C[C@H](CC)[C@H](CC(=O)OC)OO1. The molecule has 0 saturated carbocycles. The number of esters is 1. The molecule has 0 radical (unpaired) electrons. The van der Waals surface area contributed by atoms with E-state index in [-0.39, 0.29) is 24.1 Å². The van der Waals surface area contributed by atoms with Crippen molar-refractivity contribution in [1.82, 2.24) is 0 Å². The maximum atomic E-state index is 11.5. The minimum absolute atomic E-state index is 0.179. The van der Waals surface area contributed by atoms with Crippen molar-refractivity contribution in [2.24, 2.45) is 11.8 Å². The van der Waals surface area contributed by atoms with Crippen LogP contribution >= 0.6 is 0 Å². The fraction of sp³-hybridized carbons (Fsp3) is 0.944. The van der Waals surface area contributed by atoms with Gasteiger partial charge in [0.1, 0.15) is 11.7 Å². The largest absolute Gasteiger partial charge is 0.469 e. The molecule has 0 aromatic carbocycles. The molecular formula is C18H34O4. The first-order valence-electron chi connectivity index (χ1n) is 8.89. The second kappa shape index (κ2) is 9.51. The van der Waals surface area contributed by atoms with Crippen LogP contribution in [0.1, 0.15) is 79.1 Å². The zero-order chi connectivity index (χ0) is 16.6. The van der Waals surface area contributed by atoms with E-state index in [1.165, 1.54) is 32.8 Å². The first-order chi connectivity index (χ1) is 10.5. The second-order valence-corrected chi connectivity index (χ2v) is 6.94. The van der Waals surface area contributed by atoms with Crippen molar-refractivity contribution in [3.05, 3.63) is 0 Å². The van der Waals surface area contributed by atoms with E-state index in [2.05, 4.69) is 27.7 Å². The van der Waals surface area contributed by atoms with Gasteiger partial charge < -0.3 is 4.74 Å². The van der Waals surface area contributed by atoms with E-state index in [9.17, 15) is 4.79 Å². The van der Waals surface area contributed by atoms with Crippen LogP contribution in [0.15, 0.2) is 0 Å².